The van der Waals surface area contributed by atoms with Crippen molar-refractivity contribution in [3.63, 3.8) is 0 Å². The van der Waals surface area contributed by atoms with E-state index in [0.29, 0.717) is 34.0 Å². The number of fused-ring (bicyclic) bond motifs is 1. The van der Waals surface area contributed by atoms with Gasteiger partial charge < -0.3 is 24.6 Å². The van der Waals surface area contributed by atoms with Gasteiger partial charge in [0.05, 0.1) is 29.7 Å². The molecule has 39 heavy (non-hydrogen) atoms. The molecule has 0 saturated carbocycles. The van der Waals surface area contributed by atoms with Gasteiger partial charge in [0.1, 0.15) is 22.6 Å². The Kier molecular flexibility index (Phi) is 7.74. The van der Waals surface area contributed by atoms with Crippen molar-refractivity contribution < 1.29 is 28.9 Å². The molecule has 0 spiro atoms. The summed E-state index contributed by atoms with van der Waals surface area (Å²) in [6.07, 6.45) is 1.19. The van der Waals surface area contributed by atoms with Crippen LogP contribution in [-0.2, 0) is 4.74 Å². The molecule has 1 aliphatic heterocycles. The highest BCUT2D eigenvalue weighted by Crippen LogP contribution is 2.49. The molecule has 1 unspecified atom stereocenters. The summed E-state index contributed by atoms with van der Waals surface area (Å²) in [6, 6.07) is 14.9. The zero-order chi connectivity index (χ0) is 27.5. The molecule has 0 aliphatic carbocycles. The fraction of sp³-hybridized carbons (Fsp3) is 0.111. The van der Waals surface area contributed by atoms with Gasteiger partial charge in [-0.25, -0.2) is 9.78 Å². The van der Waals surface area contributed by atoms with Crippen LogP contribution >= 0.6 is 34.8 Å². The molecule has 1 amide bonds. The summed E-state index contributed by atoms with van der Waals surface area (Å²) in [6.45, 7) is 0.211. The van der Waals surface area contributed by atoms with E-state index in [1.165, 1.54) is 12.3 Å². The van der Waals surface area contributed by atoms with Gasteiger partial charge in [-0.2, -0.15) is 0 Å². The van der Waals surface area contributed by atoms with Crippen molar-refractivity contribution in [2.24, 2.45) is 0 Å². The predicted molar refractivity (Wildman–Crippen MR) is 145 cm³/mol. The van der Waals surface area contributed by atoms with Crippen LogP contribution in [0.3, 0.4) is 0 Å². The first-order valence-electron chi connectivity index (χ1n) is 11.5. The lowest BCUT2D eigenvalue weighted by Crippen LogP contribution is -2.19. The molecule has 2 N–H and O–H groups in total. The highest BCUT2D eigenvalue weighted by atomic mass is 35.5. The number of hydrogen-bond donors (Lipinski definition) is 2. The number of aromatic nitrogens is 2. The smallest absolute Gasteiger partial charge is 0.491 e. The van der Waals surface area contributed by atoms with E-state index in [0.717, 1.165) is 5.56 Å². The number of ether oxygens (including phenoxy) is 3. The van der Waals surface area contributed by atoms with Crippen molar-refractivity contribution in [3.8, 4) is 28.5 Å². The molecule has 0 fully saturated rings. The van der Waals surface area contributed by atoms with E-state index in [9.17, 15) is 9.59 Å². The van der Waals surface area contributed by atoms with Crippen LogP contribution in [0.2, 0.25) is 15.1 Å². The molecule has 198 valence electrons. The molecule has 12 heteroatoms. The zero-order valence-electron chi connectivity index (χ0n) is 19.9. The van der Waals surface area contributed by atoms with E-state index in [4.69, 9.17) is 54.1 Å². The SMILES string of the molecule is O=C(O)OC1CCOc2c1cc(Cl)c(Oc1ccc(C(=O)Nc3cncc(-c4ccc(Cl)cc4)n3)cc1)c2Cl. The van der Waals surface area contributed by atoms with Gasteiger partial charge in [0, 0.05) is 28.1 Å². The maximum absolute atomic E-state index is 12.8. The second kappa shape index (κ2) is 11.4. The van der Waals surface area contributed by atoms with Crippen LogP contribution in [0.1, 0.15) is 28.4 Å². The molecule has 2 heterocycles. The Balaban J connectivity index is 1.30. The number of carbonyl (C=O) groups excluding carboxylic acids is 1. The second-order valence-corrected chi connectivity index (χ2v) is 9.53. The number of benzene rings is 3. The van der Waals surface area contributed by atoms with Crippen molar-refractivity contribution in [2.45, 2.75) is 12.5 Å². The van der Waals surface area contributed by atoms with Gasteiger partial charge in [0.15, 0.2) is 11.6 Å². The molecule has 1 aliphatic rings. The number of nitrogens with one attached hydrogen (secondary N) is 1. The Hall–Kier alpha value is -4.05. The van der Waals surface area contributed by atoms with Crippen LogP contribution in [0.5, 0.6) is 17.2 Å². The van der Waals surface area contributed by atoms with E-state index in [1.807, 2.05) is 12.1 Å². The summed E-state index contributed by atoms with van der Waals surface area (Å²) in [5.41, 5.74) is 2.15. The van der Waals surface area contributed by atoms with Crippen molar-refractivity contribution in [3.05, 3.63) is 93.2 Å². The molecule has 4 aromatic rings. The van der Waals surface area contributed by atoms with Gasteiger partial charge in [-0.05, 0) is 42.5 Å². The van der Waals surface area contributed by atoms with Crippen molar-refractivity contribution in [1.82, 2.24) is 9.97 Å². The Morgan fingerprint density at radius 1 is 1.03 bits per heavy atom. The van der Waals surface area contributed by atoms with Crippen molar-refractivity contribution in [1.29, 1.82) is 0 Å². The van der Waals surface area contributed by atoms with E-state index in [-0.39, 0.29) is 34.0 Å². The Morgan fingerprint density at radius 2 is 1.77 bits per heavy atom. The third-order valence-corrected chi connectivity index (χ3v) is 6.60. The maximum atomic E-state index is 12.8. The number of halogens is 3. The minimum Gasteiger partial charge on any atom is -0.491 e. The minimum atomic E-state index is -1.41. The summed E-state index contributed by atoms with van der Waals surface area (Å²) in [7, 11) is 0. The van der Waals surface area contributed by atoms with E-state index in [1.54, 1.807) is 42.6 Å². The molecular weight excluding hydrogens is 569 g/mol. The summed E-state index contributed by atoms with van der Waals surface area (Å²) >= 11 is 18.8. The topological polar surface area (TPSA) is 120 Å². The van der Waals surface area contributed by atoms with Gasteiger partial charge >= 0.3 is 6.16 Å². The van der Waals surface area contributed by atoms with Crippen LogP contribution in [0, 0.1) is 0 Å². The van der Waals surface area contributed by atoms with Crippen molar-refractivity contribution in [2.75, 3.05) is 11.9 Å². The summed E-state index contributed by atoms with van der Waals surface area (Å²) in [5, 5.41) is 12.6. The monoisotopic (exact) mass is 585 g/mol. The molecule has 5 rings (SSSR count). The Morgan fingerprint density at radius 3 is 2.49 bits per heavy atom. The molecule has 0 saturated heterocycles. The first kappa shape index (κ1) is 26.6. The van der Waals surface area contributed by atoms with Gasteiger partial charge in [-0.3, -0.25) is 9.78 Å². The van der Waals surface area contributed by atoms with Gasteiger partial charge in [0.25, 0.3) is 5.91 Å². The summed E-state index contributed by atoms with van der Waals surface area (Å²) in [4.78, 5) is 32.4. The molecule has 1 aromatic heterocycles. The first-order valence-corrected chi connectivity index (χ1v) is 12.6. The number of carbonyl (C=O) groups is 2. The van der Waals surface area contributed by atoms with Crippen molar-refractivity contribution >= 4 is 52.7 Å². The van der Waals surface area contributed by atoms with Crippen LogP contribution in [-0.4, -0.2) is 33.7 Å². The molecule has 9 nitrogen and oxygen atoms in total. The van der Waals surface area contributed by atoms with Crippen LogP contribution in [0.4, 0.5) is 10.6 Å². The van der Waals surface area contributed by atoms with Crippen LogP contribution < -0.4 is 14.8 Å². The highest BCUT2D eigenvalue weighted by Gasteiger charge is 2.30. The van der Waals surface area contributed by atoms with Gasteiger partial charge in [0.2, 0.25) is 0 Å². The first-order chi connectivity index (χ1) is 18.8. The molecular formula is C27H18Cl3N3O6. The number of amides is 1. The molecule has 0 bridgehead atoms. The number of carboxylic acid groups (broad SMARTS) is 1. The predicted octanol–water partition coefficient (Wildman–Crippen LogP) is 7.67. The summed E-state index contributed by atoms with van der Waals surface area (Å²) < 4.78 is 16.4. The normalized spacial score (nSPS) is 14.1. The molecule has 1 atom stereocenters. The average Bonchev–Trinajstić information content (AvgIpc) is 2.92. The standard InChI is InChI=1S/C27H18Cl3N3O6/c28-16-5-1-14(2-6-16)20-12-31-13-22(32-20)33-26(34)15-3-7-17(8-4-15)38-25-19(29)11-18-21(39-27(35)36)9-10-37-24(18)23(25)30/h1-8,11-13,21H,9-10H2,(H,35,36)(H,32,33,34). The second-order valence-electron chi connectivity index (χ2n) is 8.31. The Labute approximate surface area is 237 Å². The minimum absolute atomic E-state index is 0.0807. The quantitative estimate of drug-likeness (QED) is 0.221. The maximum Gasteiger partial charge on any atom is 0.506 e. The fourth-order valence-corrected chi connectivity index (χ4v) is 4.64. The average molecular weight is 587 g/mol. The van der Waals surface area contributed by atoms with Gasteiger partial charge in [-0.15, -0.1) is 0 Å². The third-order valence-electron chi connectivity index (χ3n) is 5.73. The number of rotatable bonds is 6. The highest BCUT2D eigenvalue weighted by molar-refractivity contribution is 6.38. The summed E-state index contributed by atoms with van der Waals surface area (Å²) in [5.74, 6) is 0.609. The third kappa shape index (κ3) is 6.01. The lowest BCUT2D eigenvalue weighted by atomic mass is 10.0. The van der Waals surface area contributed by atoms with E-state index < -0.39 is 18.2 Å². The number of anilines is 1. The Bertz CT molecular complexity index is 1550. The van der Waals surface area contributed by atoms with Crippen LogP contribution in [0.25, 0.3) is 11.3 Å². The van der Waals surface area contributed by atoms with Gasteiger partial charge in [-0.1, -0.05) is 46.9 Å². The molecule has 0 radical (unpaired) electrons. The fourth-order valence-electron chi connectivity index (χ4n) is 3.92. The lowest BCUT2D eigenvalue weighted by Gasteiger charge is -2.26. The molecule has 3 aromatic carbocycles. The van der Waals surface area contributed by atoms with Crippen LogP contribution in [0.15, 0.2) is 67.0 Å². The number of hydrogen-bond acceptors (Lipinski definition) is 7. The largest absolute Gasteiger partial charge is 0.506 e. The van der Waals surface area contributed by atoms with E-state index >= 15 is 0 Å². The van der Waals surface area contributed by atoms with E-state index in [2.05, 4.69) is 15.3 Å². The zero-order valence-corrected chi connectivity index (χ0v) is 22.1. The lowest BCUT2D eigenvalue weighted by molar-refractivity contribution is 0.0326. The number of nitrogens with zero attached hydrogens (tertiary/aromatic N) is 2.